The third-order valence-corrected chi connectivity index (χ3v) is 8.34. The summed E-state index contributed by atoms with van der Waals surface area (Å²) in [5.41, 5.74) is 2.88. The number of methoxy groups -OCH3 is 1. The number of carbonyl (C=O) groups is 2. The van der Waals surface area contributed by atoms with E-state index in [4.69, 9.17) is 4.74 Å². The van der Waals surface area contributed by atoms with Gasteiger partial charge in [0.05, 0.1) is 19.1 Å². The molecular formula is C34H40FN3O3. The van der Waals surface area contributed by atoms with Crippen molar-refractivity contribution in [2.45, 2.75) is 45.2 Å². The molecule has 0 bridgehead atoms. The fourth-order valence-electron chi connectivity index (χ4n) is 6.61. The molecule has 0 spiro atoms. The quantitative estimate of drug-likeness (QED) is 0.338. The second-order valence-corrected chi connectivity index (χ2v) is 11.7. The maximum atomic E-state index is 14.0. The predicted octanol–water partition coefficient (Wildman–Crippen LogP) is 5.80. The number of likely N-dealkylation sites (tertiary alicyclic amines) is 1. The van der Waals surface area contributed by atoms with Gasteiger partial charge in [-0.05, 0) is 78.2 Å². The van der Waals surface area contributed by atoms with Crippen LogP contribution in [0.2, 0.25) is 0 Å². The highest BCUT2D eigenvalue weighted by Gasteiger charge is 2.44. The third kappa shape index (κ3) is 6.62. The van der Waals surface area contributed by atoms with Crippen LogP contribution in [0.4, 0.5) is 4.39 Å². The van der Waals surface area contributed by atoms with Crippen molar-refractivity contribution in [3.8, 4) is 5.75 Å². The Labute approximate surface area is 242 Å². The number of piperidine rings is 1. The van der Waals surface area contributed by atoms with E-state index >= 15 is 0 Å². The Hall–Kier alpha value is -3.71. The van der Waals surface area contributed by atoms with Crippen molar-refractivity contribution in [3.63, 3.8) is 0 Å². The number of rotatable bonds is 9. The van der Waals surface area contributed by atoms with Crippen LogP contribution in [0.25, 0.3) is 0 Å². The average Bonchev–Trinajstić information content (AvgIpc) is 2.97. The number of nitrogens with one attached hydrogen (secondary N) is 1. The third-order valence-electron chi connectivity index (χ3n) is 8.34. The molecule has 6 nitrogen and oxygen atoms in total. The molecule has 0 aliphatic carbocycles. The summed E-state index contributed by atoms with van der Waals surface area (Å²) >= 11 is 0. The summed E-state index contributed by atoms with van der Waals surface area (Å²) in [5.74, 6) is 0.903. The molecule has 1 fully saturated rings. The monoisotopic (exact) mass is 557 g/mol. The van der Waals surface area contributed by atoms with Crippen molar-refractivity contribution in [2.75, 3.05) is 33.3 Å². The molecule has 5 rings (SSSR count). The highest BCUT2D eigenvalue weighted by Crippen LogP contribution is 2.44. The minimum atomic E-state index is -0.604. The van der Waals surface area contributed by atoms with Crippen LogP contribution in [0.1, 0.15) is 65.7 Å². The lowest BCUT2D eigenvalue weighted by atomic mass is 9.79. The number of fused-ring (bicyclic) bond motifs is 1. The molecule has 0 radical (unpaired) electrons. The maximum Gasteiger partial charge on any atom is 0.255 e. The smallest absolute Gasteiger partial charge is 0.255 e. The van der Waals surface area contributed by atoms with E-state index in [1.54, 1.807) is 30.2 Å². The average molecular weight is 558 g/mol. The summed E-state index contributed by atoms with van der Waals surface area (Å²) in [6.45, 7) is 8.60. The summed E-state index contributed by atoms with van der Waals surface area (Å²) in [4.78, 5) is 32.2. The first-order chi connectivity index (χ1) is 19.8. The van der Waals surface area contributed by atoms with Crippen LogP contribution in [-0.4, -0.2) is 54.9 Å². The molecule has 0 saturated carbocycles. The lowest BCUT2D eigenvalue weighted by Crippen LogP contribution is -2.47. The van der Waals surface area contributed by atoms with Gasteiger partial charge in [-0.15, -0.1) is 0 Å². The number of hydrogen-bond donors (Lipinski definition) is 1. The molecule has 2 amide bonds. The van der Waals surface area contributed by atoms with E-state index in [2.05, 4.69) is 24.1 Å². The van der Waals surface area contributed by atoms with E-state index in [0.29, 0.717) is 29.7 Å². The van der Waals surface area contributed by atoms with Crippen LogP contribution < -0.4 is 10.1 Å². The van der Waals surface area contributed by atoms with Crippen LogP contribution in [-0.2, 0) is 11.3 Å². The van der Waals surface area contributed by atoms with Crippen LogP contribution in [0.15, 0.2) is 72.8 Å². The Kier molecular flexibility index (Phi) is 9.03. The zero-order valence-corrected chi connectivity index (χ0v) is 24.2. The maximum absolute atomic E-state index is 14.0. The van der Waals surface area contributed by atoms with Gasteiger partial charge >= 0.3 is 0 Å². The van der Waals surface area contributed by atoms with Gasteiger partial charge in [0.2, 0.25) is 5.91 Å². The van der Waals surface area contributed by atoms with E-state index in [-0.39, 0.29) is 24.2 Å². The van der Waals surface area contributed by atoms with Crippen molar-refractivity contribution in [3.05, 3.63) is 101 Å². The molecule has 2 aliphatic heterocycles. The lowest BCUT2D eigenvalue weighted by Gasteiger charge is -2.42. The predicted molar refractivity (Wildman–Crippen MR) is 158 cm³/mol. The van der Waals surface area contributed by atoms with Gasteiger partial charge in [0.1, 0.15) is 11.6 Å². The molecule has 4 atom stereocenters. The minimum Gasteiger partial charge on any atom is -0.497 e. The van der Waals surface area contributed by atoms with Gasteiger partial charge in [0, 0.05) is 31.7 Å². The van der Waals surface area contributed by atoms with Crippen LogP contribution in [0.5, 0.6) is 5.75 Å². The summed E-state index contributed by atoms with van der Waals surface area (Å²) in [7, 11) is 1.61. The Balaban J connectivity index is 1.42. The van der Waals surface area contributed by atoms with Crippen molar-refractivity contribution >= 4 is 11.8 Å². The first-order valence-corrected chi connectivity index (χ1v) is 14.6. The molecule has 41 heavy (non-hydrogen) atoms. The number of halogens is 1. The molecule has 3 aromatic carbocycles. The molecule has 0 unspecified atom stereocenters. The Morgan fingerprint density at radius 3 is 2.34 bits per heavy atom. The van der Waals surface area contributed by atoms with Gasteiger partial charge in [-0.25, -0.2) is 4.39 Å². The lowest BCUT2D eigenvalue weighted by molar-refractivity contribution is -0.124. The van der Waals surface area contributed by atoms with Gasteiger partial charge in [-0.1, -0.05) is 56.3 Å². The zero-order chi connectivity index (χ0) is 28.9. The largest absolute Gasteiger partial charge is 0.497 e. The number of amides is 2. The van der Waals surface area contributed by atoms with E-state index in [0.717, 1.165) is 42.7 Å². The molecule has 3 aromatic rings. The van der Waals surface area contributed by atoms with E-state index in [1.807, 2.05) is 42.5 Å². The van der Waals surface area contributed by atoms with Gasteiger partial charge in [0.15, 0.2) is 0 Å². The zero-order valence-electron chi connectivity index (χ0n) is 24.2. The van der Waals surface area contributed by atoms with Crippen molar-refractivity contribution < 1.29 is 18.7 Å². The fraction of sp³-hybridized carbons (Fsp3) is 0.412. The summed E-state index contributed by atoms with van der Waals surface area (Å²) < 4.78 is 19.0. The van der Waals surface area contributed by atoms with Gasteiger partial charge in [-0.3, -0.25) is 9.59 Å². The topological polar surface area (TPSA) is 61.9 Å². The van der Waals surface area contributed by atoms with Crippen LogP contribution in [0, 0.1) is 17.7 Å². The second-order valence-electron chi connectivity index (χ2n) is 11.7. The molecule has 0 aromatic heterocycles. The van der Waals surface area contributed by atoms with Crippen LogP contribution >= 0.6 is 0 Å². The minimum absolute atomic E-state index is 0.102. The first kappa shape index (κ1) is 28.8. The molecular weight excluding hydrogens is 517 g/mol. The molecule has 2 aliphatic rings. The second kappa shape index (κ2) is 12.9. The van der Waals surface area contributed by atoms with E-state index in [1.165, 1.54) is 18.6 Å². The van der Waals surface area contributed by atoms with Crippen LogP contribution in [0.3, 0.4) is 0 Å². The number of hydrogen-bond acceptors (Lipinski definition) is 4. The number of carbonyl (C=O) groups excluding carboxylic acids is 2. The standard InChI is InChI=1S/C34H40FN3O3/c1-23-19-24(2)21-37(20-23)18-6-17-36-33(39)31-29-7-4-5-8-30(29)34(40)38(22-25-9-13-27(35)14-10-25)32(31)26-11-15-28(41-3)16-12-26/h4-5,7-16,23-24,31-32H,6,17-22H2,1-3H3,(H,36,39)/t23-,24-,31-,32-/m1/s1. The molecule has 1 saturated heterocycles. The first-order valence-electron chi connectivity index (χ1n) is 14.6. The SMILES string of the molecule is COc1ccc([C@@H]2[C@H](C(=O)NCCCN3C[C@H](C)C[C@@H](C)C3)c3ccccc3C(=O)N2Cc2ccc(F)cc2)cc1. The van der Waals surface area contributed by atoms with E-state index < -0.39 is 12.0 Å². The Morgan fingerprint density at radius 2 is 1.66 bits per heavy atom. The highest BCUT2D eigenvalue weighted by molar-refractivity contribution is 6.01. The Morgan fingerprint density at radius 1 is 0.976 bits per heavy atom. The Bertz CT molecular complexity index is 1330. The molecule has 216 valence electrons. The summed E-state index contributed by atoms with van der Waals surface area (Å²) in [6.07, 6.45) is 2.14. The number of ether oxygens (including phenoxy) is 1. The fourth-order valence-corrected chi connectivity index (χ4v) is 6.61. The van der Waals surface area contributed by atoms with E-state index in [9.17, 15) is 14.0 Å². The van der Waals surface area contributed by atoms with Crippen molar-refractivity contribution in [2.24, 2.45) is 11.8 Å². The number of nitrogens with zero attached hydrogens (tertiary/aromatic N) is 2. The van der Waals surface area contributed by atoms with Crippen molar-refractivity contribution in [1.29, 1.82) is 0 Å². The molecule has 2 heterocycles. The normalized spacial score (nSPS) is 22.7. The summed E-state index contributed by atoms with van der Waals surface area (Å²) in [6, 6.07) is 20.6. The van der Waals surface area contributed by atoms with Crippen molar-refractivity contribution in [1.82, 2.24) is 15.1 Å². The molecule has 7 heteroatoms. The summed E-state index contributed by atoms with van der Waals surface area (Å²) in [5, 5.41) is 3.21. The van der Waals surface area contributed by atoms with Gasteiger partial charge in [0.25, 0.3) is 5.91 Å². The van der Waals surface area contributed by atoms with Gasteiger partial charge < -0.3 is 19.9 Å². The van der Waals surface area contributed by atoms with Gasteiger partial charge in [-0.2, -0.15) is 0 Å². The highest BCUT2D eigenvalue weighted by atomic mass is 19.1. The number of benzene rings is 3. The molecule has 1 N–H and O–H groups in total.